The lowest BCUT2D eigenvalue weighted by molar-refractivity contribution is -0.132. The van der Waals surface area contributed by atoms with Crippen LogP contribution in [0, 0.1) is 0 Å². The average molecular weight is 337 g/mol. The molecule has 1 N–H and O–H groups in total. The van der Waals surface area contributed by atoms with Gasteiger partial charge in [0.05, 0.1) is 0 Å². The van der Waals surface area contributed by atoms with Crippen LogP contribution in [0.1, 0.15) is 35.2 Å². The van der Waals surface area contributed by atoms with Crippen molar-refractivity contribution in [2.24, 2.45) is 0 Å². The van der Waals surface area contributed by atoms with Crippen LogP contribution in [0.3, 0.4) is 0 Å². The van der Waals surface area contributed by atoms with Gasteiger partial charge >= 0.3 is 0 Å². The average Bonchev–Trinajstić information content (AvgIpc) is 2.68. The van der Waals surface area contributed by atoms with Crippen molar-refractivity contribution in [1.82, 2.24) is 15.2 Å². The van der Waals surface area contributed by atoms with Gasteiger partial charge in [-0.05, 0) is 43.0 Å². The highest BCUT2D eigenvalue weighted by atomic mass is 16.2. The Labute approximate surface area is 148 Å². The fraction of sp³-hybridized carbons (Fsp3) is 0.350. The first kappa shape index (κ1) is 17.1. The summed E-state index contributed by atoms with van der Waals surface area (Å²) in [6, 6.07) is 13.3. The van der Waals surface area contributed by atoms with Gasteiger partial charge in [0.1, 0.15) is 0 Å². The number of hydrogen-bond donors (Lipinski definition) is 1. The zero-order chi connectivity index (χ0) is 17.5. The predicted octanol–water partition coefficient (Wildman–Crippen LogP) is 2.44. The SMILES string of the molecule is O=C(NC1CCN(C(=O)CCc2cccnc2)CC1)c1ccccc1. The Kier molecular flexibility index (Phi) is 5.77. The van der Waals surface area contributed by atoms with Crippen molar-refractivity contribution in [3.05, 3.63) is 66.0 Å². The van der Waals surface area contributed by atoms with Crippen LogP contribution >= 0.6 is 0 Å². The van der Waals surface area contributed by atoms with Crippen molar-refractivity contribution in [2.75, 3.05) is 13.1 Å². The highest BCUT2D eigenvalue weighted by Gasteiger charge is 2.23. The van der Waals surface area contributed by atoms with Gasteiger partial charge in [-0.3, -0.25) is 14.6 Å². The molecule has 2 heterocycles. The summed E-state index contributed by atoms with van der Waals surface area (Å²) < 4.78 is 0. The molecule has 0 atom stereocenters. The van der Waals surface area contributed by atoms with Gasteiger partial charge in [0.15, 0.2) is 0 Å². The van der Waals surface area contributed by atoms with Crippen LogP contribution in [0.4, 0.5) is 0 Å². The molecule has 1 aromatic carbocycles. The van der Waals surface area contributed by atoms with E-state index in [1.807, 2.05) is 47.4 Å². The Bertz CT molecular complexity index is 695. The Hall–Kier alpha value is -2.69. The van der Waals surface area contributed by atoms with Gasteiger partial charge in [0.25, 0.3) is 5.91 Å². The van der Waals surface area contributed by atoms with Gasteiger partial charge in [0.2, 0.25) is 5.91 Å². The van der Waals surface area contributed by atoms with E-state index in [4.69, 9.17) is 0 Å². The van der Waals surface area contributed by atoms with E-state index in [1.165, 1.54) is 0 Å². The molecule has 130 valence electrons. The molecule has 2 aromatic rings. The molecule has 5 nitrogen and oxygen atoms in total. The minimum atomic E-state index is -0.0399. The van der Waals surface area contributed by atoms with E-state index < -0.39 is 0 Å². The van der Waals surface area contributed by atoms with Gasteiger partial charge in [-0.25, -0.2) is 0 Å². The maximum absolute atomic E-state index is 12.3. The van der Waals surface area contributed by atoms with Gasteiger partial charge in [-0.15, -0.1) is 0 Å². The van der Waals surface area contributed by atoms with Crippen LogP contribution < -0.4 is 5.32 Å². The summed E-state index contributed by atoms with van der Waals surface area (Å²) in [5.41, 5.74) is 1.76. The number of benzene rings is 1. The highest BCUT2D eigenvalue weighted by molar-refractivity contribution is 5.94. The number of nitrogens with zero attached hydrogens (tertiary/aromatic N) is 2. The molecule has 25 heavy (non-hydrogen) atoms. The quantitative estimate of drug-likeness (QED) is 0.911. The summed E-state index contributed by atoms with van der Waals surface area (Å²) in [6.45, 7) is 1.40. The van der Waals surface area contributed by atoms with E-state index in [0.29, 0.717) is 25.1 Å². The third-order valence-corrected chi connectivity index (χ3v) is 4.57. The summed E-state index contributed by atoms with van der Waals surface area (Å²) in [4.78, 5) is 30.5. The van der Waals surface area contributed by atoms with Crippen LogP contribution in [0.2, 0.25) is 0 Å². The molecule has 0 saturated carbocycles. The molecule has 3 rings (SSSR count). The van der Waals surface area contributed by atoms with Crippen LogP contribution in [-0.2, 0) is 11.2 Å². The van der Waals surface area contributed by atoms with Crippen molar-refractivity contribution in [2.45, 2.75) is 31.7 Å². The van der Waals surface area contributed by atoms with Crippen molar-refractivity contribution in [3.8, 4) is 0 Å². The topological polar surface area (TPSA) is 62.3 Å². The molecule has 0 aliphatic carbocycles. The van der Waals surface area contributed by atoms with Gasteiger partial charge in [-0.2, -0.15) is 0 Å². The molecule has 1 saturated heterocycles. The van der Waals surface area contributed by atoms with Crippen LogP contribution in [0.25, 0.3) is 0 Å². The number of rotatable bonds is 5. The highest BCUT2D eigenvalue weighted by Crippen LogP contribution is 2.13. The third-order valence-electron chi connectivity index (χ3n) is 4.57. The lowest BCUT2D eigenvalue weighted by Crippen LogP contribution is -2.46. The van der Waals surface area contributed by atoms with Crippen LogP contribution in [-0.4, -0.2) is 40.8 Å². The second kappa shape index (κ2) is 8.42. The molecule has 1 aliphatic rings. The first-order valence-corrected chi connectivity index (χ1v) is 8.75. The first-order valence-electron chi connectivity index (χ1n) is 8.75. The number of hydrogen-bond acceptors (Lipinski definition) is 3. The number of aryl methyl sites for hydroxylation is 1. The number of aromatic nitrogens is 1. The predicted molar refractivity (Wildman–Crippen MR) is 96.1 cm³/mol. The zero-order valence-corrected chi connectivity index (χ0v) is 14.2. The Morgan fingerprint density at radius 3 is 2.52 bits per heavy atom. The fourth-order valence-corrected chi connectivity index (χ4v) is 3.09. The largest absolute Gasteiger partial charge is 0.349 e. The minimum Gasteiger partial charge on any atom is -0.349 e. The summed E-state index contributed by atoms with van der Waals surface area (Å²) in [5.74, 6) is 0.138. The number of carbonyl (C=O) groups excluding carboxylic acids is 2. The van der Waals surface area contributed by atoms with E-state index in [9.17, 15) is 9.59 Å². The molecule has 2 amide bonds. The molecule has 0 spiro atoms. The molecular formula is C20H23N3O2. The lowest BCUT2D eigenvalue weighted by atomic mass is 10.0. The molecule has 1 aromatic heterocycles. The molecule has 1 aliphatic heterocycles. The molecule has 0 bridgehead atoms. The van der Waals surface area contributed by atoms with Gasteiger partial charge < -0.3 is 10.2 Å². The Morgan fingerprint density at radius 2 is 1.84 bits per heavy atom. The monoisotopic (exact) mass is 337 g/mol. The number of amides is 2. The second-order valence-electron chi connectivity index (χ2n) is 6.36. The van der Waals surface area contributed by atoms with Crippen LogP contribution in [0.5, 0.6) is 0 Å². The maximum Gasteiger partial charge on any atom is 0.251 e. The lowest BCUT2D eigenvalue weighted by Gasteiger charge is -2.32. The molecule has 5 heteroatoms. The molecule has 0 radical (unpaired) electrons. The Morgan fingerprint density at radius 1 is 1.08 bits per heavy atom. The van der Waals surface area contributed by atoms with Crippen molar-refractivity contribution in [3.63, 3.8) is 0 Å². The number of likely N-dealkylation sites (tertiary alicyclic amines) is 1. The van der Waals surface area contributed by atoms with Gasteiger partial charge in [-0.1, -0.05) is 24.3 Å². The summed E-state index contributed by atoms with van der Waals surface area (Å²) >= 11 is 0. The number of nitrogens with one attached hydrogen (secondary N) is 1. The third kappa shape index (κ3) is 4.89. The first-order chi connectivity index (χ1) is 12.2. The standard InChI is InChI=1S/C20H23N3O2/c24-19(9-8-16-5-4-12-21-15-16)23-13-10-18(11-14-23)22-20(25)17-6-2-1-3-7-17/h1-7,12,15,18H,8-11,13-14H2,(H,22,25). The summed E-state index contributed by atoms with van der Waals surface area (Å²) in [7, 11) is 0. The number of carbonyl (C=O) groups is 2. The van der Waals surface area contributed by atoms with Gasteiger partial charge in [0, 0.05) is 43.5 Å². The van der Waals surface area contributed by atoms with Crippen molar-refractivity contribution >= 4 is 11.8 Å². The summed E-state index contributed by atoms with van der Waals surface area (Å²) in [6.07, 6.45) is 6.37. The zero-order valence-electron chi connectivity index (χ0n) is 14.2. The van der Waals surface area contributed by atoms with E-state index >= 15 is 0 Å². The summed E-state index contributed by atoms with van der Waals surface area (Å²) in [5, 5.41) is 3.07. The number of piperidine rings is 1. The Balaban J connectivity index is 1.42. The normalized spacial score (nSPS) is 15.0. The molecular weight excluding hydrogens is 314 g/mol. The van der Waals surface area contributed by atoms with E-state index in [-0.39, 0.29) is 17.9 Å². The molecule has 0 unspecified atom stereocenters. The van der Waals surface area contributed by atoms with Crippen molar-refractivity contribution in [1.29, 1.82) is 0 Å². The van der Waals surface area contributed by atoms with E-state index in [2.05, 4.69) is 10.3 Å². The fourth-order valence-electron chi connectivity index (χ4n) is 3.09. The van der Waals surface area contributed by atoms with E-state index in [0.717, 1.165) is 24.8 Å². The smallest absolute Gasteiger partial charge is 0.251 e. The second-order valence-corrected chi connectivity index (χ2v) is 6.36. The maximum atomic E-state index is 12.3. The van der Waals surface area contributed by atoms with Crippen molar-refractivity contribution < 1.29 is 9.59 Å². The van der Waals surface area contributed by atoms with Crippen LogP contribution in [0.15, 0.2) is 54.9 Å². The minimum absolute atomic E-state index is 0.0399. The number of pyridine rings is 1. The molecule has 1 fully saturated rings. The van der Waals surface area contributed by atoms with E-state index in [1.54, 1.807) is 12.4 Å².